The quantitative estimate of drug-likeness (QED) is 0.781. The van der Waals surface area contributed by atoms with Crippen molar-refractivity contribution in [2.75, 3.05) is 62.4 Å². The van der Waals surface area contributed by atoms with Gasteiger partial charge in [-0.1, -0.05) is 47.5 Å². The molecule has 0 saturated carbocycles. The van der Waals surface area contributed by atoms with E-state index in [0.29, 0.717) is 0 Å². The van der Waals surface area contributed by atoms with Crippen LogP contribution >= 0.6 is 0 Å². The molecule has 0 aromatic heterocycles. The van der Waals surface area contributed by atoms with E-state index in [1.54, 1.807) is 0 Å². The zero-order chi connectivity index (χ0) is 17.1. The molecule has 0 rings (SSSR count). The predicted molar refractivity (Wildman–Crippen MR) is 97.8 cm³/mol. The average Bonchev–Trinajstić information content (AvgIpc) is 2.38. The monoisotopic (exact) mass is 291 g/mol. The van der Waals surface area contributed by atoms with Crippen LogP contribution in [-0.2, 0) is 0 Å². The second kappa shape index (κ2) is 23.9. The van der Waals surface area contributed by atoms with Gasteiger partial charge in [-0.25, -0.2) is 0 Å². The lowest BCUT2D eigenvalue weighted by Gasteiger charge is -2.00. The van der Waals surface area contributed by atoms with Gasteiger partial charge >= 0.3 is 0 Å². The van der Waals surface area contributed by atoms with E-state index in [2.05, 4.69) is 72.6 Å². The first-order chi connectivity index (χ1) is 9.08. The van der Waals surface area contributed by atoms with Crippen LogP contribution in [0.4, 0.5) is 0 Å². The first-order valence-corrected chi connectivity index (χ1v) is 7.99. The van der Waals surface area contributed by atoms with Crippen molar-refractivity contribution < 1.29 is 0 Å². The summed E-state index contributed by atoms with van der Waals surface area (Å²) in [4.78, 5) is 6.25. The predicted octanol–water partition coefficient (Wildman–Crippen LogP) is 3.76. The van der Waals surface area contributed by atoms with Crippen molar-refractivity contribution in [1.82, 2.24) is 14.7 Å². The van der Waals surface area contributed by atoms with Gasteiger partial charge in [-0.2, -0.15) is 0 Å². The van der Waals surface area contributed by atoms with Crippen molar-refractivity contribution in [3.8, 4) is 0 Å². The van der Waals surface area contributed by atoms with Crippen LogP contribution < -0.4 is 0 Å². The Hall–Kier alpha value is -0.120. The minimum atomic E-state index is 0.935. The van der Waals surface area contributed by atoms with E-state index in [9.17, 15) is 0 Å². The van der Waals surface area contributed by atoms with Gasteiger partial charge in [-0.3, -0.25) is 0 Å². The minimum absolute atomic E-state index is 0.935. The van der Waals surface area contributed by atoms with E-state index in [1.165, 1.54) is 12.8 Å². The van der Waals surface area contributed by atoms with Crippen LogP contribution in [0, 0.1) is 5.92 Å². The Morgan fingerprint density at radius 1 is 0.600 bits per heavy atom. The summed E-state index contributed by atoms with van der Waals surface area (Å²) in [5, 5.41) is 0. The van der Waals surface area contributed by atoms with Crippen molar-refractivity contribution in [1.29, 1.82) is 0 Å². The van der Waals surface area contributed by atoms with E-state index >= 15 is 0 Å². The van der Waals surface area contributed by atoms with Crippen LogP contribution in [0.2, 0.25) is 0 Å². The first-order valence-electron chi connectivity index (χ1n) is 7.99. The minimum Gasteiger partial charge on any atom is -0.312 e. The fourth-order valence-corrected chi connectivity index (χ4v) is 0.289. The summed E-state index contributed by atoms with van der Waals surface area (Å²) in [5.41, 5.74) is 0. The molecule has 20 heavy (non-hydrogen) atoms. The molecule has 0 aromatic rings. The molecule has 0 atom stereocenters. The fourth-order valence-electron chi connectivity index (χ4n) is 0.289. The lowest BCUT2D eigenvalue weighted by Crippen LogP contribution is -2.08. The van der Waals surface area contributed by atoms with E-state index in [-0.39, 0.29) is 0 Å². The Morgan fingerprint density at radius 3 is 0.750 bits per heavy atom. The van der Waals surface area contributed by atoms with Crippen molar-refractivity contribution >= 4 is 0 Å². The lowest BCUT2D eigenvalue weighted by molar-refractivity contribution is 0.434. The fraction of sp³-hybridized carbons (Fsp3) is 1.00. The summed E-state index contributed by atoms with van der Waals surface area (Å²) in [7, 11) is 14.2. The highest BCUT2D eigenvalue weighted by atomic mass is 15.0. The maximum Gasteiger partial charge on any atom is -0.00533 e. The van der Waals surface area contributed by atoms with Gasteiger partial charge < -0.3 is 14.7 Å². The molecule has 0 saturated heterocycles. The molecule has 0 radical (unpaired) electrons. The smallest absolute Gasteiger partial charge is 0.00533 e. The van der Waals surface area contributed by atoms with Crippen LogP contribution in [0.1, 0.15) is 47.5 Å². The molecule has 0 aliphatic rings. The highest BCUT2D eigenvalue weighted by Gasteiger charge is 1.88. The van der Waals surface area contributed by atoms with Crippen LogP contribution in [0.15, 0.2) is 0 Å². The third kappa shape index (κ3) is 82.0. The largest absolute Gasteiger partial charge is 0.312 e. The van der Waals surface area contributed by atoms with Gasteiger partial charge in [0.1, 0.15) is 0 Å². The number of hydrogen-bond donors (Lipinski definition) is 0. The van der Waals surface area contributed by atoms with Crippen LogP contribution in [-0.4, -0.2) is 77.1 Å². The van der Waals surface area contributed by atoms with Gasteiger partial charge in [0.05, 0.1) is 0 Å². The van der Waals surface area contributed by atoms with Gasteiger partial charge in [0, 0.05) is 0 Å². The average molecular weight is 292 g/mol. The molecule has 3 nitrogen and oxygen atoms in total. The maximum absolute atomic E-state index is 2.28. The lowest BCUT2D eigenvalue weighted by atomic mass is 10.1. The third-order valence-electron chi connectivity index (χ3n) is 2.66. The standard InChI is InChI=1S/C6H14.2C4H11N.C3H9N/c1-4-6(3)5-2;2*1-4-5(2)3;1-4(2)3/h6H,4-5H2,1-3H3;2*4H2,1-3H3;1-3H3. The molecule has 0 unspecified atom stereocenters. The summed E-state index contributed by atoms with van der Waals surface area (Å²) in [5.74, 6) is 0.935. The molecular weight excluding hydrogens is 246 g/mol. The van der Waals surface area contributed by atoms with Crippen LogP contribution in [0.3, 0.4) is 0 Å². The van der Waals surface area contributed by atoms with E-state index in [4.69, 9.17) is 0 Å². The molecule has 0 fully saturated rings. The normalized spacial score (nSPS) is 9.60. The zero-order valence-corrected chi connectivity index (χ0v) is 16.7. The number of nitrogens with zero attached hydrogens (tertiary/aromatic N) is 3. The third-order valence-corrected chi connectivity index (χ3v) is 2.66. The Morgan fingerprint density at radius 2 is 0.750 bits per heavy atom. The van der Waals surface area contributed by atoms with Crippen LogP contribution in [0.25, 0.3) is 0 Å². The van der Waals surface area contributed by atoms with Crippen LogP contribution in [0.5, 0.6) is 0 Å². The van der Waals surface area contributed by atoms with Crippen molar-refractivity contribution in [2.45, 2.75) is 47.5 Å². The summed E-state index contributed by atoms with van der Waals surface area (Å²) >= 11 is 0. The highest BCUT2D eigenvalue weighted by molar-refractivity contribution is 4.41. The van der Waals surface area contributed by atoms with Crippen molar-refractivity contribution in [2.24, 2.45) is 5.92 Å². The van der Waals surface area contributed by atoms with E-state index < -0.39 is 0 Å². The first kappa shape index (κ1) is 28.1. The number of rotatable bonds is 4. The second-order valence-electron chi connectivity index (χ2n) is 6.06. The Kier molecular flexibility index (Phi) is 33.6. The summed E-state index contributed by atoms with van der Waals surface area (Å²) in [6.07, 6.45) is 2.66. The number of hydrogen-bond acceptors (Lipinski definition) is 3. The Bertz CT molecular complexity index is 119. The van der Waals surface area contributed by atoms with Gasteiger partial charge in [-0.15, -0.1) is 0 Å². The molecule has 0 aliphatic carbocycles. The summed E-state index contributed by atoms with van der Waals surface area (Å²) in [6, 6.07) is 0. The highest BCUT2D eigenvalue weighted by Crippen LogP contribution is 2.02. The van der Waals surface area contributed by atoms with E-state index in [0.717, 1.165) is 19.0 Å². The molecule has 128 valence electrons. The zero-order valence-electron chi connectivity index (χ0n) is 16.7. The summed E-state index contributed by atoms with van der Waals surface area (Å²) < 4.78 is 0. The van der Waals surface area contributed by atoms with Crippen molar-refractivity contribution in [3.05, 3.63) is 0 Å². The second-order valence-corrected chi connectivity index (χ2v) is 6.06. The molecule has 0 spiro atoms. The molecule has 0 heterocycles. The maximum atomic E-state index is 2.28. The SMILES string of the molecule is CCC(C)CC.CCN(C)C.CCN(C)C.CN(C)C. The van der Waals surface area contributed by atoms with Gasteiger partial charge in [0.25, 0.3) is 0 Å². The van der Waals surface area contributed by atoms with Gasteiger partial charge in [0.2, 0.25) is 0 Å². The Balaban J connectivity index is -0.0000000862. The van der Waals surface area contributed by atoms with Gasteiger partial charge in [0.15, 0.2) is 0 Å². The molecule has 0 aromatic carbocycles. The molecule has 3 heteroatoms. The molecule has 0 aliphatic heterocycles. The van der Waals surface area contributed by atoms with E-state index in [1.807, 2.05) is 26.0 Å². The molecule has 0 amide bonds. The molecular formula is C17H45N3. The van der Waals surface area contributed by atoms with Gasteiger partial charge in [-0.05, 0) is 68.3 Å². The Labute approximate surface area is 131 Å². The molecule has 0 N–H and O–H groups in total. The topological polar surface area (TPSA) is 9.72 Å². The van der Waals surface area contributed by atoms with Crippen molar-refractivity contribution in [3.63, 3.8) is 0 Å². The summed E-state index contributed by atoms with van der Waals surface area (Å²) in [6.45, 7) is 13.3. The molecule has 0 bridgehead atoms.